The summed E-state index contributed by atoms with van der Waals surface area (Å²) in [5.41, 5.74) is 0. The van der Waals surface area contributed by atoms with E-state index in [2.05, 4.69) is 5.32 Å². The lowest BCUT2D eigenvalue weighted by molar-refractivity contribution is 0.422. The lowest BCUT2D eigenvalue weighted by Crippen LogP contribution is -2.32. The second-order valence-corrected chi connectivity index (χ2v) is 7.73. The first-order valence-electron chi connectivity index (χ1n) is 6.40. The molecule has 0 bridgehead atoms. The Bertz CT molecular complexity index is 492. The van der Waals surface area contributed by atoms with Gasteiger partial charge in [0.1, 0.15) is 4.21 Å². The molecule has 102 valence electrons. The van der Waals surface area contributed by atoms with E-state index in [0.717, 1.165) is 30.8 Å². The number of nitrogens with zero attached hydrogens (tertiary/aromatic N) is 1. The van der Waals surface area contributed by atoms with Crippen LogP contribution in [0.5, 0.6) is 0 Å². The monoisotopic (exact) mass is 288 g/mol. The third-order valence-electron chi connectivity index (χ3n) is 3.02. The second-order valence-electron chi connectivity index (χ2n) is 4.44. The third kappa shape index (κ3) is 2.93. The molecule has 0 saturated heterocycles. The van der Waals surface area contributed by atoms with E-state index < -0.39 is 10.0 Å². The molecule has 0 amide bonds. The highest BCUT2D eigenvalue weighted by atomic mass is 32.2. The molecule has 4 nitrogen and oxygen atoms in total. The molecule has 1 heterocycles. The Balaban J connectivity index is 2.15. The molecule has 1 aliphatic carbocycles. The van der Waals surface area contributed by atoms with Crippen molar-refractivity contribution in [2.24, 2.45) is 0 Å². The number of hydrogen-bond donors (Lipinski definition) is 1. The molecular weight excluding hydrogens is 268 g/mol. The summed E-state index contributed by atoms with van der Waals surface area (Å²) in [5.74, 6) is 0. The normalized spacial score (nSPS) is 16.4. The Hall–Kier alpha value is -0.430. The van der Waals surface area contributed by atoms with Gasteiger partial charge in [0.25, 0.3) is 10.0 Å². The first kappa shape index (κ1) is 14.0. The zero-order valence-electron chi connectivity index (χ0n) is 10.8. The average Bonchev–Trinajstić information content (AvgIpc) is 3.04. The summed E-state index contributed by atoms with van der Waals surface area (Å²) < 4.78 is 27.0. The molecule has 0 unspecified atom stereocenters. The molecule has 1 fully saturated rings. The van der Waals surface area contributed by atoms with Crippen molar-refractivity contribution in [3.05, 3.63) is 17.0 Å². The smallest absolute Gasteiger partial charge is 0.252 e. The lowest BCUT2D eigenvalue weighted by atomic mass is 10.4. The molecule has 0 atom stereocenters. The molecule has 0 spiro atoms. The van der Waals surface area contributed by atoms with Gasteiger partial charge in [0.2, 0.25) is 0 Å². The van der Waals surface area contributed by atoms with Crippen LogP contribution in [0.4, 0.5) is 0 Å². The largest absolute Gasteiger partial charge is 0.312 e. The number of nitrogens with one attached hydrogen (secondary N) is 1. The maximum atomic E-state index is 12.4. The van der Waals surface area contributed by atoms with Gasteiger partial charge >= 0.3 is 0 Å². The number of rotatable bonds is 7. The van der Waals surface area contributed by atoms with Crippen molar-refractivity contribution in [1.82, 2.24) is 9.62 Å². The zero-order chi connectivity index (χ0) is 13.2. The van der Waals surface area contributed by atoms with E-state index in [1.54, 1.807) is 10.4 Å². The summed E-state index contributed by atoms with van der Waals surface area (Å²) in [6, 6.07) is 3.87. The standard InChI is InChI=1S/C12H20N2O2S2/c1-3-13-9-11-7-8-12(17-11)18(15,16)14(4-2)10-5-6-10/h7-8,10,13H,3-6,9H2,1-2H3. The molecule has 1 saturated carbocycles. The molecule has 2 rings (SSSR count). The fraction of sp³-hybridized carbons (Fsp3) is 0.667. The highest BCUT2D eigenvalue weighted by molar-refractivity contribution is 7.91. The minimum absolute atomic E-state index is 0.235. The van der Waals surface area contributed by atoms with Crippen LogP contribution in [0.1, 0.15) is 31.6 Å². The fourth-order valence-corrected chi connectivity index (χ4v) is 5.09. The minimum Gasteiger partial charge on any atom is -0.312 e. The van der Waals surface area contributed by atoms with E-state index in [1.807, 2.05) is 19.9 Å². The third-order valence-corrected chi connectivity index (χ3v) is 6.60. The van der Waals surface area contributed by atoms with Crippen LogP contribution >= 0.6 is 11.3 Å². The van der Waals surface area contributed by atoms with Gasteiger partial charge in [-0.3, -0.25) is 0 Å². The van der Waals surface area contributed by atoms with Crippen LogP contribution in [-0.4, -0.2) is 31.9 Å². The van der Waals surface area contributed by atoms with Crippen LogP contribution in [0.25, 0.3) is 0 Å². The summed E-state index contributed by atoms with van der Waals surface area (Å²) >= 11 is 1.38. The predicted molar refractivity (Wildman–Crippen MR) is 74.3 cm³/mol. The van der Waals surface area contributed by atoms with E-state index in [9.17, 15) is 8.42 Å². The topological polar surface area (TPSA) is 49.4 Å². The van der Waals surface area contributed by atoms with Gasteiger partial charge in [-0.25, -0.2) is 8.42 Å². The number of sulfonamides is 1. The molecule has 1 N–H and O–H groups in total. The van der Waals surface area contributed by atoms with Gasteiger partial charge in [-0.1, -0.05) is 13.8 Å². The number of hydrogen-bond acceptors (Lipinski definition) is 4. The van der Waals surface area contributed by atoms with Crippen LogP contribution < -0.4 is 5.32 Å². The summed E-state index contributed by atoms with van der Waals surface area (Å²) in [6.45, 7) is 6.14. The van der Waals surface area contributed by atoms with Crippen LogP contribution in [-0.2, 0) is 16.6 Å². The number of thiophene rings is 1. The zero-order valence-corrected chi connectivity index (χ0v) is 12.5. The molecule has 18 heavy (non-hydrogen) atoms. The van der Waals surface area contributed by atoms with Crippen molar-refractivity contribution in [2.75, 3.05) is 13.1 Å². The summed E-state index contributed by atoms with van der Waals surface area (Å²) in [6.07, 6.45) is 2.01. The van der Waals surface area contributed by atoms with E-state index >= 15 is 0 Å². The SMILES string of the molecule is CCNCc1ccc(S(=O)(=O)N(CC)C2CC2)s1. The van der Waals surface area contributed by atoms with E-state index in [1.165, 1.54) is 11.3 Å². The van der Waals surface area contributed by atoms with Crippen LogP contribution in [0, 0.1) is 0 Å². The predicted octanol–water partition coefficient (Wildman–Crippen LogP) is 2.03. The van der Waals surface area contributed by atoms with Crippen molar-refractivity contribution >= 4 is 21.4 Å². The molecule has 1 aromatic rings. The van der Waals surface area contributed by atoms with Crippen LogP contribution in [0.3, 0.4) is 0 Å². The van der Waals surface area contributed by atoms with Crippen LogP contribution in [0.2, 0.25) is 0 Å². The van der Waals surface area contributed by atoms with Gasteiger partial charge in [-0.05, 0) is 31.5 Å². The molecule has 0 aromatic carbocycles. The van der Waals surface area contributed by atoms with Gasteiger partial charge in [-0.2, -0.15) is 4.31 Å². The van der Waals surface area contributed by atoms with Crippen LogP contribution in [0.15, 0.2) is 16.3 Å². The van der Waals surface area contributed by atoms with Gasteiger partial charge in [-0.15, -0.1) is 11.3 Å². The van der Waals surface area contributed by atoms with Crippen molar-refractivity contribution in [2.45, 2.75) is 43.5 Å². The Morgan fingerprint density at radius 1 is 1.39 bits per heavy atom. The van der Waals surface area contributed by atoms with E-state index in [4.69, 9.17) is 0 Å². The Kier molecular flexibility index (Phi) is 4.42. The van der Waals surface area contributed by atoms with Gasteiger partial charge < -0.3 is 5.32 Å². The van der Waals surface area contributed by atoms with Gasteiger partial charge in [0.05, 0.1) is 0 Å². The average molecular weight is 288 g/mol. The minimum atomic E-state index is -3.27. The maximum Gasteiger partial charge on any atom is 0.252 e. The van der Waals surface area contributed by atoms with E-state index in [0.29, 0.717) is 10.8 Å². The summed E-state index contributed by atoms with van der Waals surface area (Å²) in [5, 5.41) is 3.21. The fourth-order valence-electron chi connectivity index (χ4n) is 1.94. The van der Waals surface area contributed by atoms with Crippen molar-refractivity contribution in [3.63, 3.8) is 0 Å². The summed E-state index contributed by atoms with van der Waals surface area (Å²) in [7, 11) is -3.27. The Labute approximate surface area is 113 Å². The highest BCUT2D eigenvalue weighted by Gasteiger charge is 2.37. The Morgan fingerprint density at radius 2 is 2.11 bits per heavy atom. The molecule has 1 aromatic heterocycles. The van der Waals surface area contributed by atoms with Gasteiger partial charge in [0.15, 0.2) is 0 Å². The molecule has 1 aliphatic rings. The first-order chi connectivity index (χ1) is 8.59. The van der Waals surface area contributed by atoms with E-state index in [-0.39, 0.29) is 6.04 Å². The maximum absolute atomic E-state index is 12.4. The quantitative estimate of drug-likeness (QED) is 0.835. The first-order valence-corrected chi connectivity index (χ1v) is 8.66. The molecule has 0 aliphatic heterocycles. The lowest BCUT2D eigenvalue weighted by Gasteiger charge is -2.18. The van der Waals surface area contributed by atoms with Crippen molar-refractivity contribution in [1.29, 1.82) is 0 Å². The molecular formula is C12H20N2O2S2. The highest BCUT2D eigenvalue weighted by Crippen LogP contribution is 2.33. The summed E-state index contributed by atoms with van der Waals surface area (Å²) in [4.78, 5) is 1.07. The molecule has 6 heteroatoms. The second kappa shape index (κ2) is 5.69. The Morgan fingerprint density at radius 3 is 2.67 bits per heavy atom. The van der Waals surface area contributed by atoms with Crippen molar-refractivity contribution < 1.29 is 8.42 Å². The molecule has 0 radical (unpaired) electrons. The van der Waals surface area contributed by atoms with Crippen molar-refractivity contribution in [3.8, 4) is 0 Å². The van der Waals surface area contributed by atoms with Gasteiger partial charge in [0, 0.05) is 24.0 Å².